The Bertz CT molecular complexity index is 490. The summed E-state index contributed by atoms with van der Waals surface area (Å²) in [6.07, 6.45) is 2.52. The number of carbonyl (C=O) groups excluding carboxylic acids is 1. The normalized spacial score (nSPS) is 22.0. The van der Waals surface area contributed by atoms with Gasteiger partial charge in [-0.2, -0.15) is 0 Å². The maximum atomic E-state index is 13.7. The number of hydrogen-bond acceptors (Lipinski definition) is 2. The fourth-order valence-corrected chi connectivity index (χ4v) is 2.59. The Hall–Kier alpha value is -1.49. The molecule has 0 bridgehead atoms. The number of nitrogens with zero attached hydrogens (tertiary/aromatic N) is 1. The van der Waals surface area contributed by atoms with E-state index in [2.05, 4.69) is 0 Å². The molecule has 3 rings (SSSR count). The van der Waals surface area contributed by atoms with Crippen LogP contribution in [0.15, 0.2) is 18.2 Å². The third-order valence-corrected chi connectivity index (χ3v) is 3.94. The van der Waals surface area contributed by atoms with Crippen molar-refractivity contribution in [3.63, 3.8) is 0 Å². The second kappa shape index (κ2) is 5.48. The zero-order valence-corrected chi connectivity index (χ0v) is 11.1. The fraction of sp³-hybridized carbons (Fsp3) is 0.533. The first-order valence-corrected chi connectivity index (χ1v) is 6.98. The van der Waals surface area contributed by atoms with Crippen LogP contribution in [0, 0.1) is 17.6 Å². The third-order valence-electron chi connectivity index (χ3n) is 3.94. The van der Waals surface area contributed by atoms with Crippen molar-refractivity contribution in [2.75, 3.05) is 13.2 Å². The van der Waals surface area contributed by atoms with E-state index < -0.39 is 11.6 Å². The molecular weight excluding hydrogens is 264 g/mol. The maximum absolute atomic E-state index is 13.7. The lowest BCUT2D eigenvalue weighted by Crippen LogP contribution is -2.38. The summed E-state index contributed by atoms with van der Waals surface area (Å²) in [4.78, 5) is 14.1. The summed E-state index contributed by atoms with van der Waals surface area (Å²) in [5, 5.41) is 0. The highest BCUT2D eigenvalue weighted by molar-refractivity contribution is 5.80. The number of benzene rings is 1. The Morgan fingerprint density at radius 2 is 1.95 bits per heavy atom. The van der Waals surface area contributed by atoms with Crippen LogP contribution < -0.4 is 0 Å². The molecule has 0 radical (unpaired) electrons. The molecule has 5 heteroatoms. The first-order valence-electron chi connectivity index (χ1n) is 6.98. The van der Waals surface area contributed by atoms with E-state index in [9.17, 15) is 13.6 Å². The van der Waals surface area contributed by atoms with Gasteiger partial charge in [0.15, 0.2) is 0 Å². The molecule has 2 aliphatic rings. The largest absolute Gasteiger partial charge is 0.381 e. The Morgan fingerprint density at radius 3 is 2.50 bits per heavy atom. The van der Waals surface area contributed by atoms with Crippen LogP contribution in [0.2, 0.25) is 0 Å². The smallest absolute Gasteiger partial charge is 0.228 e. The van der Waals surface area contributed by atoms with Crippen molar-refractivity contribution < 1.29 is 18.3 Å². The number of carbonyl (C=O) groups is 1. The lowest BCUT2D eigenvalue weighted by atomic mass is 10.1. The topological polar surface area (TPSA) is 29.5 Å². The summed E-state index contributed by atoms with van der Waals surface area (Å²) in [6.45, 7) is 1.02. The number of ether oxygens (including phenoxy) is 1. The lowest BCUT2D eigenvalue weighted by molar-refractivity contribution is -0.136. The molecule has 0 unspecified atom stereocenters. The van der Waals surface area contributed by atoms with Crippen LogP contribution in [-0.4, -0.2) is 30.1 Å². The zero-order chi connectivity index (χ0) is 14.1. The Balaban J connectivity index is 1.79. The quantitative estimate of drug-likeness (QED) is 0.848. The van der Waals surface area contributed by atoms with Gasteiger partial charge in [0.25, 0.3) is 0 Å². The molecule has 0 spiro atoms. The average molecular weight is 281 g/mol. The third kappa shape index (κ3) is 2.68. The molecule has 108 valence electrons. The highest BCUT2D eigenvalue weighted by Gasteiger charge is 2.37. The number of amides is 1. The van der Waals surface area contributed by atoms with Crippen LogP contribution in [0.4, 0.5) is 8.78 Å². The Labute approximate surface area is 116 Å². The molecule has 3 nitrogen and oxygen atoms in total. The van der Waals surface area contributed by atoms with Crippen molar-refractivity contribution in [3.8, 4) is 0 Å². The maximum Gasteiger partial charge on any atom is 0.228 e. The number of rotatable bonds is 4. The van der Waals surface area contributed by atoms with Gasteiger partial charge in [0.2, 0.25) is 5.91 Å². The second-order valence-corrected chi connectivity index (χ2v) is 5.46. The van der Waals surface area contributed by atoms with E-state index in [4.69, 9.17) is 4.74 Å². The van der Waals surface area contributed by atoms with Gasteiger partial charge in [-0.15, -0.1) is 0 Å². The monoisotopic (exact) mass is 281 g/mol. The molecule has 1 saturated heterocycles. The van der Waals surface area contributed by atoms with E-state index in [0.717, 1.165) is 12.8 Å². The van der Waals surface area contributed by atoms with Crippen molar-refractivity contribution in [2.24, 2.45) is 5.92 Å². The summed E-state index contributed by atoms with van der Waals surface area (Å²) in [6, 6.07) is 3.92. The molecule has 1 aliphatic carbocycles. The fourth-order valence-electron chi connectivity index (χ4n) is 2.59. The van der Waals surface area contributed by atoms with Crippen LogP contribution in [0.1, 0.15) is 24.8 Å². The molecule has 1 aliphatic heterocycles. The molecular formula is C15H17F2NO2. The molecule has 0 aromatic heterocycles. The predicted octanol–water partition coefficient (Wildman–Crippen LogP) is 2.49. The molecule has 1 atom stereocenters. The van der Waals surface area contributed by atoms with Crippen LogP contribution in [0.25, 0.3) is 0 Å². The second-order valence-electron chi connectivity index (χ2n) is 5.46. The summed E-state index contributed by atoms with van der Waals surface area (Å²) >= 11 is 0. The van der Waals surface area contributed by atoms with Crippen LogP contribution >= 0.6 is 0 Å². The van der Waals surface area contributed by atoms with Crippen LogP contribution in [0.5, 0.6) is 0 Å². The van der Waals surface area contributed by atoms with Crippen molar-refractivity contribution in [2.45, 2.75) is 31.8 Å². The van der Waals surface area contributed by atoms with Crippen molar-refractivity contribution >= 4 is 5.91 Å². The summed E-state index contributed by atoms with van der Waals surface area (Å²) in [7, 11) is 0. The van der Waals surface area contributed by atoms with Crippen LogP contribution in [0.3, 0.4) is 0 Å². The van der Waals surface area contributed by atoms with Gasteiger partial charge in [0.1, 0.15) is 11.6 Å². The predicted molar refractivity (Wildman–Crippen MR) is 68.9 cm³/mol. The van der Waals surface area contributed by atoms with Crippen molar-refractivity contribution in [1.29, 1.82) is 0 Å². The van der Waals surface area contributed by atoms with Gasteiger partial charge in [-0.3, -0.25) is 4.79 Å². The minimum Gasteiger partial charge on any atom is -0.381 e. The standard InChI is InChI=1S/C15H17F2NO2/c16-13-2-1-3-14(17)12(13)8-18(11-4-5-11)15(19)10-6-7-20-9-10/h1-3,10-11H,4-9H2/t10-/m1/s1. The van der Waals surface area contributed by atoms with Gasteiger partial charge in [0.05, 0.1) is 19.1 Å². The molecule has 1 amide bonds. The van der Waals surface area contributed by atoms with E-state index in [0.29, 0.717) is 19.6 Å². The van der Waals surface area contributed by atoms with E-state index in [-0.39, 0.29) is 30.0 Å². The van der Waals surface area contributed by atoms with E-state index in [1.165, 1.54) is 18.2 Å². The lowest BCUT2D eigenvalue weighted by Gasteiger charge is -2.25. The van der Waals surface area contributed by atoms with E-state index in [1.54, 1.807) is 4.90 Å². The van der Waals surface area contributed by atoms with Gasteiger partial charge >= 0.3 is 0 Å². The van der Waals surface area contributed by atoms with Gasteiger partial charge < -0.3 is 9.64 Å². The van der Waals surface area contributed by atoms with Crippen molar-refractivity contribution in [1.82, 2.24) is 4.90 Å². The minimum absolute atomic E-state index is 0.0124. The molecule has 2 fully saturated rings. The molecule has 1 saturated carbocycles. The Kier molecular flexibility index (Phi) is 3.70. The molecule has 20 heavy (non-hydrogen) atoms. The first kappa shape index (κ1) is 13.5. The van der Waals surface area contributed by atoms with Gasteiger partial charge in [0, 0.05) is 18.2 Å². The highest BCUT2D eigenvalue weighted by Crippen LogP contribution is 2.32. The minimum atomic E-state index is -0.592. The molecule has 1 aromatic rings. The van der Waals surface area contributed by atoms with Crippen molar-refractivity contribution in [3.05, 3.63) is 35.4 Å². The van der Waals surface area contributed by atoms with E-state index in [1.807, 2.05) is 0 Å². The van der Waals surface area contributed by atoms with Crippen LogP contribution in [-0.2, 0) is 16.1 Å². The highest BCUT2D eigenvalue weighted by atomic mass is 19.1. The SMILES string of the molecule is O=C([C@@H]1CCOC1)N(Cc1c(F)cccc1F)C1CC1. The first-order chi connectivity index (χ1) is 9.66. The summed E-state index contributed by atoms with van der Waals surface area (Å²) < 4.78 is 32.7. The van der Waals surface area contributed by atoms with Gasteiger partial charge in [-0.25, -0.2) is 8.78 Å². The zero-order valence-electron chi connectivity index (χ0n) is 11.1. The number of hydrogen-bond donors (Lipinski definition) is 0. The van der Waals surface area contributed by atoms with Gasteiger partial charge in [-0.1, -0.05) is 6.07 Å². The van der Waals surface area contributed by atoms with E-state index >= 15 is 0 Å². The molecule has 0 N–H and O–H groups in total. The summed E-state index contributed by atoms with van der Waals surface area (Å²) in [5.41, 5.74) is -0.0216. The Morgan fingerprint density at radius 1 is 1.25 bits per heavy atom. The molecule has 1 heterocycles. The summed E-state index contributed by atoms with van der Waals surface area (Å²) in [5.74, 6) is -1.38. The average Bonchev–Trinajstić information content (AvgIpc) is 3.11. The molecule has 1 aromatic carbocycles. The number of halogens is 2. The van der Waals surface area contributed by atoms with Gasteiger partial charge in [-0.05, 0) is 31.4 Å².